The zero-order chi connectivity index (χ0) is 14.8. The molecule has 0 radical (unpaired) electrons. The van der Waals surface area contributed by atoms with E-state index >= 15 is 0 Å². The van der Waals surface area contributed by atoms with Crippen LogP contribution in [0.4, 0.5) is 4.39 Å². The van der Waals surface area contributed by atoms with E-state index in [2.05, 4.69) is 6.92 Å². The molecular formula is C19H23FO. The van der Waals surface area contributed by atoms with Gasteiger partial charge in [0.25, 0.3) is 0 Å². The number of hydrogen-bond donors (Lipinski definition) is 1. The smallest absolute Gasteiger partial charge is 0.131 e. The van der Waals surface area contributed by atoms with Crippen molar-refractivity contribution in [1.82, 2.24) is 0 Å². The van der Waals surface area contributed by atoms with Crippen LogP contribution in [0.3, 0.4) is 0 Å². The molecular weight excluding hydrogens is 263 g/mol. The van der Waals surface area contributed by atoms with Crippen LogP contribution >= 0.6 is 0 Å². The molecule has 2 heteroatoms. The first-order valence-corrected chi connectivity index (χ1v) is 8.07. The Hall–Kier alpha value is -1.41. The maximum atomic E-state index is 13.9. The highest BCUT2D eigenvalue weighted by Crippen LogP contribution is 2.42. The van der Waals surface area contributed by atoms with Gasteiger partial charge in [-0.05, 0) is 35.3 Å². The van der Waals surface area contributed by atoms with Crippen molar-refractivity contribution in [2.75, 3.05) is 0 Å². The first-order valence-electron chi connectivity index (χ1n) is 8.07. The van der Waals surface area contributed by atoms with E-state index in [0.717, 1.165) is 23.8 Å². The van der Waals surface area contributed by atoms with Crippen LogP contribution in [0.25, 0.3) is 10.8 Å². The topological polar surface area (TPSA) is 20.2 Å². The lowest BCUT2D eigenvalue weighted by Gasteiger charge is -2.35. The van der Waals surface area contributed by atoms with Crippen LogP contribution in [-0.2, 0) is 0 Å². The Morgan fingerprint density at radius 3 is 2.57 bits per heavy atom. The lowest BCUT2D eigenvalue weighted by Crippen LogP contribution is -2.25. The van der Waals surface area contributed by atoms with E-state index in [1.807, 2.05) is 18.2 Å². The Balaban J connectivity index is 2.01. The minimum Gasteiger partial charge on any atom is -0.388 e. The van der Waals surface area contributed by atoms with E-state index in [-0.39, 0.29) is 5.82 Å². The van der Waals surface area contributed by atoms with Crippen molar-refractivity contribution in [3.63, 3.8) is 0 Å². The minimum absolute atomic E-state index is 0.211. The van der Waals surface area contributed by atoms with E-state index in [9.17, 15) is 9.50 Å². The van der Waals surface area contributed by atoms with Crippen LogP contribution in [0.5, 0.6) is 0 Å². The fraction of sp³-hybridized carbons (Fsp3) is 0.474. The van der Waals surface area contributed by atoms with Crippen LogP contribution in [0.15, 0.2) is 36.4 Å². The number of fused-ring (bicyclic) bond motifs is 1. The highest BCUT2D eigenvalue weighted by Gasteiger charge is 2.31. The van der Waals surface area contributed by atoms with Gasteiger partial charge in [-0.2, -0.15) is 0 Å². The molecule has 0 aromatic heterocycles. The summed E-state index contributed by atoms with van der Waals surface area (Å²) in [5, 5.41) is 12.4. The van der Waals surface area contributed by atoms with Gasteiger partial charge in [0.2, 0.25) is 0 Å². The second-order valence-corrected chi connectivity index (χ2v) is 6.24. The van der Waals surface area contributed by atoms with Crippen LogP contribution in [0, 0.1) is 17.7 Å². The van der Waals surface area contributed by atoms with Crippen molar-refractivity contribution in [2.45, 2.75) is 45.1 Å². The van der Waals surface area contributed by atoms with Crippen molar-refractivity contribution in [3.8, 4) is 0 Å². The second kappa shape index (κ2) is 6.15. The summed E-state index contributed by atoms with van der Waals surface area (Å²) in [7, 11) is 0. The zero-order valence-corrected chi connectivity index (χ0v) is 12.6. The summed E-state index contributed by atoms with van der Waals surface area (Å²) in [5.74, 6) is 0.674. The van der Waals surface area contributed by atoms with Crippen LogP contribution in [0.2, 0.25) is 0 Å². The summed E-state index contributed by atoms with van der Waals surface area (Å²) in [6.45, 7) is 2.21. The molecule has 0 saturated heterocycles. The predicted octanol–water partition coefficient (Wildman–Crippen LogP) is 5.23. The Kier molecular flexibility index (Phi) is 4.25. The predicted molar refractivity (Wildman–Crippen MR) is 84.6 cm³/mol. The lowest BCUT2D eigenvalue weighted by atomic mass is 9.73. The molecule has 1 nitrogen and oxygen atoms in total. The van der Waals surface area contributed by atoms with Gasteiger partial charge >= 0.3 is 0 Å². The lowest BCUT2D eigenvalue weighted by molar-refractivity contribution is 0.0462. The Morgan fingerprint density at radius 1 is 1.10 bits per heavy atom. The summed E-state index contributed by atoms with van der Waals surface area (Å²) < 4.78 is 13.9. The fourth-order valence-electron chi connectivity index (χ4n) is 3.93. The molecule has 1 aliphatic carbocycles. The van der Waals surface area contributed by atoms with Crippen molar-refractivity contribution in [2.24, 2.45) is 11.8 Å². The third-order valence-corrected chi connectivity index (χ3v) is 5.12. The summed E-state index contributed by atoms with van der Waals surface area (Å²) in [6, 6.07) is 10.7. The van der Waals surface area contributed by atoms with Crippen molar-refractivity contribution >= 4 is 10.8 Å². The minimum atomic E-state index is -0.485. The molecule has 3 atom stereocenters. The average molecular weight is 286 g/mol. The molecule has 2 aromatic rings. The molecule has 3 rings (SSSR count). The third-order valence-electron chi connectivity index (χ3n) is 5.12. The molecule has 1 fully saturated rings. The molecule has 1 N–H and O–H groups in total. The maximum absolute atomic E-state index is 13.9. The molecule has 112 valence electrons. The molecule has 1 saturated carbocycles. The fourth-order valence-corrected chi connectivity index (χ4v) is 3.93. The first kappa shape index (κ1) is 14.5. The number of aliphatic hydroxyl groups is 1. The van der Waals surface area contributed by atoms with Gasteiger partial charge in [0.05, 0.1) is 6.10 Å². The molecule has 0 heterocycles. The summed E-state index contributed by atoms with van der Waals surface area (Å²) in [6.07, 6.45) is 5.37. The molecule has 0 aliphatic heterocycles. The van der Waals surface area contributed by atoms with E-state index in [0.29, 0.717) is 17.2 Å². The number of rotatable bonds is 3. The molecule has 0 amide bonds. The van der Waals surface area contributed by atoms with Gasteiger partial charge in [-0.15, -0.1) is 0 Å². The van der Waals surface area contributed by atoms with E-state index < -0.39 is 6.10 Å². The van der Waals surface area contributed by atoms with Gasteiger partial charge in [-0.25, -0.2) is 4.39 Å². The number of hydrogen-bond acceptors (Lipinski definition) is 1. The van der Waals surface area contributed by atoms with Gasteiger partial charge in [0, 0.05) is 5.39 Å². The van der Waals surface area contributed by atoms with E-state index in [4.69, 9.17) is 0 Å². The van der Waals surface area contributed by atoms with Gasteiger partial charge in [-0.1, -0.05) is 62.9 Å². The third kappa shape index (κ3) is 2.69. The summed E-state index contributed by atoms with van der Waals surface area (Å²) >= 11 is 0. The number of aliphatic hydroxyl groups excluding tert-OH is 1. The van der Waals surface area contributed by atoms with Gasteiger partial charge in [-0.3, -0.25) is 0 Å². The molecule has 1 aliphatic rings. The SMILES string of the molecule is CCC1CCCCC1C(O)c1ccc(F)c2ccccc12. The van der Waals surface area contributed by atoms with Gasteiger partial charge in [0.1, 0.15) is 5.82 Å². The van der Waals surface area contributed by atoms with Crippen LogP contribution < -0.4 is 0 Å². The quantitative estimate of drug-likeness (QED) is 0.819. The first-order chi connectivity index (χ1) is 10.2. The highest BCUT2D eigenvalue weighted by molar-refractivity contribution is 5.86. The number of benzene rings is 2. The van der Waals surface area contributed by atoms with Crippen LogP contribution in [-0.4, -0.2) is 5.11 Å². The van der Waals surface area contributed by atoms with E-state index in [1.165, 1.54) is 25.3 Å². The van der Waals surface area contributed by atoms with Gasteiger partial charge < -0.3 is 5.11 Å². The second-order valence-electron chi connectivity index (χ2n) is 6.24. The van der Waals surface area contributed by atoms with Crippen molar-refractivity contribution in [3.05, 3.63) is 47.8 Å². The molecule has 3 unspecified atom stereocenters. The Morgan fingerprint density at radius 2 is 1.81 bits per heavy atom. The summed E-state index contributed by atoms with van der Waals surface area (Å²) in [4.78, 5) is 0. The van der Waals surface area contributed by atoms with Crippen molar-refractivity contribution < 1.29 is 9.50 Å². The highest BCUT2D eigenvalue weighted by atomic mass is 19.1. The van der Waals surface area contributed by atoms with Crippen molar-refractivity contribution in [1.29, 1.82) is 0 Å². The molecule has 21 heavy (non-hydrogen) atoms. The standard InChI is InChI=1S/C19H23FO/c1-2-13-7-3-4-8-14(13)19(21)17-11-12-18(20)16-10-6-5-9-15(16)17/h5-6,9-14,19,21H,2-4,7-8H2,1H3. The van der Waals surface area contributed by atoms with E-state index in [1.54, 1.807) is 12.1 Å². The molecule has 0 spiro atoms. The Labute approximate surface area is 125 Å². The van der Waals surface area contributed by atoms with Crippen LogP contribution in [0.1, 0.15) is 50.7 Å². The maximum Gasteiger partial charge on any atom is 0.131 e. The molecule has 2 aromatic carbocycles. The monoisotopic (exact) mass is 286 g/mol. The van der Waals surface area contributed by atoms with Gasteiger partial charge in [0.15, 0.2) is 0 Å². The summed E-state index contributed by atoms with van der Waals surface area (Å²) in [5.41, 5.74) is 0.886. The largest absolute Gasteiger partial charge is 0.388 e. The molecule has 0 bridgehead atoms. The zero-order valence-electron chi connectivity index (χ0n) is 12.6. The number of halogens is 1. The normalized spacial score (nSPS) is 24.1. The Bertz CT molecular complexity index is 622. The average Bonchev–Trinajstić information content (AvgIpc) is 2.55.